The van der Waals surface area contributed by atoms with E-state index in [9.17, 15) is 4.39 Å². The van der Waals surface area contributed by atoms with Gasteiger partial charge in [-0.3, -0.25) is 0 Å². The van der Waals surface area contributed by atoms with Gasteiger partial charge in [-0.15, -0.1) is 11.3 Å². The quantitative estimate of drug-likeness (QED) is 0.921. The highest BCUT2D eigenvalue weighted by Gasteiger charge is 2.20. The molecule has 1 aliphatic carbocycles. The largest absolute Gasteiger partial charge is 0.310 e. The van der Waals surface area contributed by atoms with Crippen molar-refractivity contribution in [2.75, 3.05) is 0 Å². The molecule has 2 nitrogen and oxygen atoms in total. The first-order chi connectivity index (χ1) is 9.26. The van der Waals surface area contributed by atoms with E-state index in [-0.39, 0.29) is 5.82 Å². The van der Waals surface area contributed by atoms with Crippen LogP contribution >= 0.6 is 11.3 Å². The molecule has 96 valence electrons. The van der Waals surface area contributed by atoms with Gasteiger partial charge in [0.25, 0.3) is 0 Å². The van der Waals surface area contributed by atoms with Crippen LogP contribution in [0.25, 0.3) is 10.4 Å². The third-order valence-electron chi connectivity index (χ3n) is 3.21. The fourth-order valence-corrected chi connectivity index (χ4v) is 2.87. The number of nitrogens with zero attached hydrogens (tertiary/aromatic N) is 1. The van der Waals surface area contributed by atoms with Crippen LogP contribution in [0.15, 0.2) is 30.3 Å². The minimum Gasteiger partial charge on any atom is -0.310 e. The van der Waals surface area contributed by atoms with Crippen molar-refractivity contribution in [1.82, 2.24) is 5.32 Å². The molecule has 1 aromatic heterocycles. The summed E-state index contributed by atoms with van der Waals surface area (Å²) in [6, 6.07) is 11.3. The predicted octanol–water partition coefficient (Wildman–Crippen LogP) is 3.68. The molecule has 2 aromatic rings. The molecule has 1 N–H and O–H groups in total. The van der Waals surface area contributed by atoms with Crippen molar-refractivity contribution in [3.63, 3.8) is 0 Å². The zero-order valence-corrected chi connectivity index (χ0v) is 11.1. The second-order valence-corrected chi connectivity index (χ2v) is 5.82. The van der Waals surface area contributed by atoms with Crippen molar-refractivity contribution in [3.8, 4) is 16.5 Å². The Morgan fingerprint density at radius 3 is 2.84 bits per heavy atom. The molecule has 0 aliphatic heterocycles. The van der Waals surface area contributed by atoms with Crippen molar-refractivity contribution in [2.45, 2.75) is 25.4 Å². The van der Waals surface area contributed by atoms with E-state index in [2.05, 4.69) is 11.4 Å². The molecule has 0 amide bonds. The molecule has 3 rings (SSSR count). The van der Waals surface area contributed by atoms with Gasteiger partial charge in [0.2, 0.25) is 0 Å². The molecule has 1 heterocycles. The van der Waals surface area contributed by atoms with E-state index in [1.807, 2.05) is 12.1 Å². The first-order valence-corrected chi connectivity index (χ1v) is 7.10. The third kappa shape index (κ3) is 2.83. The zero-order chi connectivity index (χ0) is 13.2. The Morgan fingerprint density at radius 2 is 2.16 bits per heavy atom. The lowest BCUT2D eigenvalue weighted by atomic mass is 10.1. The summed E-state index contributed by atoms with van der Waals surface area (Å²) in [7, 11) is 0. The molecule has 4 heteroatoms. The molecule has 19 heavy (non-hydrogen) atoms. The second kappa shape index (κ2) is 5.12. The Hall–Kier alpha value is -1.70. The minimum absolute atomic E-state index is 0.239. The molecule has 0 saturated heterocycles. The van der Waals surface area contributed by atoms with E-state index in [1.54, 1.807) is 12.1 Å². The Morgan fingerprint density at radius 1 is 1.32 bits per heavy atom. The first-order valence-electron chi connectivity index (χ1n) is 6.28. The van der Waals surface area contributed by atoms with Gasteiger partial charge in [0.05, 0.1) is 0 Å². The van der Waals surface area contributed by atoms with Gasteiger partial charge in [-0.25, -0.2) is 4.39 Å². The van der Waals surface area contributed by atoms with Crippen LogP contribution in [0.3, 0.4) is 0 Å². The van der Waals surface area contributed by atoms with Crippen molar-refractivity contribution < 1.29 is 4.39 Å². The van der Waals surface area contributed by atoms with Crippen LogP contribution in [0.4, 0.5) is 4.39 Å². The number of hydrogen-bond donors (Lipinski definition) is 1. The standard InChI is InChI=1S/C15H13FN2S/c16-11-2-1-10(9-18-12-3-4-12)14(7-11)15-6-5-13(8-17)19-15/h1-2,5-7,12,18H,3-4,9H2. The van der Waals surface area contributed by atoms with Crippen LogP contribution in [0, 0.1) is 17.1 Å². The van der Waals surface area contributed by atoms with Crippen molar-refractivity contribution >= 4 is 11.3 Å². The van der Waals surface area contributed by atoms with E-state index in [0.29, 0.717) is 10.9 Å². The van der Waals surface area contributed by atoms with E-state index >= 15 is 0 Å². The van der Waals surface area contributed by atoms with Gasteiger partial charge in [-0.05, 0) is 48.2 Å². The van der Waals surface area contributed by atoms with Crippen LogP contribution in [-0.4, -0.2) is 6.04 Å². The van der Waals surface area contributed by atoms with Gasteiger partial charge in [-0.1, -0.05) is 6.07 Å². The van der Waals surface area contributed by atoms with Crippen LogP contribution < -0.4 is 5.32 Å². The summed E-state index contributed by atoms with van der Waals surface area (Å²) in [4.78, 5) is 1.60. The number of hydrogen-bond acceptors (Lipinski definition) is 3. The fraction of sp³-hybridized carbons (Fsp3) is 0.267. The summed E-state index contributed by atoms with van der Waals surface area (Å²) in [6.07, 6.45) is 2.46. The van der Waals surface area contributed by atoms with Crippen LogP contribution in [0.1, 0.15) is 23.3 Å². The highest BCUT2D eigenvalue weighted by molar-refractivity contribution is 7.16. The Balaban J connectivity index is 1.92. The van der Waals surface area contributed by atoms with E-state index in [4.69, 9.17) is 5.26 Å². The van der Waals surface area contributed by atoms with Gasteiger partial charge in [0, 0.05) is 17.5 Å². The molecule has 1 aromatic carbocycles. The van der Waals surface area contributed by atoms with Crippen molar-refractivity contribution in [1.29, 1.82) is 5.26 Å². The number of thiophene rings is 1. The van der Waals surface area contributed by atoms with Gasteiger partial charge < -0.3 is 5.32 Å². The maximum Gasteiger partial charge on any atom is 0.123 e. The molecule has 0 spiro atoms. The van der Waals surface area contributed by atoms with Gasteiger partial charge in [0.15, 0.2) is 0 Å². The Bertz CT molecular complexity index is 638. The van der Waals surface area contributed by atoms with E-state index in [0.717, 1.165) is 22.5 Å². The summed E-state index contributed by atoms with van der Waals surface area (Å²) in [5, 5.41) is 12.3. The van der Waals surface area contributed by atoms with Crippen molar-refractivity contribution in [3.05, 3.63) is 46.6 Å². The summed E-state index contributed by atoms with van der Waals surface area (Å²) >= 11 is 1.40. The topological polar surface area (TPSA) is 35.8 Å². The zero-order valence-electron chi connectivity index (χ0n) is 10.3. The summed E-state index contributed by atoms with van der Waals surface area (Å²) in [6.45, 7) is 0.750. The molecule has 0 unspecified atom stereocenters. The monoisotopic (exact) mass is 272 g/mol. The van der Waals surface area contributed by atoms with Crippen LogP contribution in [0.5, 0.6) is 0 Å². The lowest BCUT2D eigenvalue weighted by Crippen LogP contribution is -2.15. The molecule has 1 saturated carbocycles. The maximum absolute atomic E-state index is 13.5. The lowest BCUT2D eigenvalue weighted by molar-refractivity contribution is 0.625. The molecular formula is C15H13FN2S. The van der Waals surface area contributed by atoms with E-state index < -0.39 is 0 Å². The number of nitriles is 1. The number of nitrogens with one attached hydrogen (secondary N) is 1. The summed E-state index contributed by atoms with van der Waals surface area (Å²) in [5.74, 6) is -0.239. The minimum atomic E-state index is -0.239. The summed E-state index contributed by atoms with van der Waals surface area (Å²) < 4.78 is 13.5. The third-order valence-corrected chi connectivity index (χ3v) is 4.24. The van der Waals surface area contributed by atoms with Crippen LogP contribution in [0.2, 0.25) is 0 Å². The average Bonchev–Trinajstić information content (AvgIpc) is 3.13. The molecule has 1 fully saturated rings. The van der Waals surface area contributed by atoms with Crippen LogP contribution in [-0.2, 0) is 6.54 Å². The van der Waals surface area contributed by atoms with Crippen molar-refractivity contribution in [2.24, 2.45) is 0 Å². The highest BCUT2D eigenvalue weighted by atomic mass is 32.1. The second-order valence-electron chi connectivity index (χ2n) is 4.73. The Labute approximate surface area is 115 Å². The maximum atomic E-state index is 13.5. The molecular weight excluding hydrogens is 259 g/mol. The molecule has 1 aliphatic rings. The highest BCUT2D eigenvalue weighted by Crippen LogP contribution is 2.31. The number of benzene rings is 1. The molecule has 0 atom stereocenters. The predicted molar refractivity (Wildman–Crippen MR) is 74.3 cm³/mol. The summed E-state index contributed by atoms with van der Waals surface area (Å²) in [5.41, 5.74) is 1.97. The number of rotatable bonds is 4. The Kier molecular flexibility index (Phi) is 3.33. The fourth-order valence-electron chi connectivity index (χ4n) is 2.02. The normalized spacial score (nSPS) is 14.3. The van der Waals surface area contributed by atoms with Gasteiger partial charge >= 0.3 is 0 Å². The molecule has 0 radical (unpaired) electrons. The van der Waals surface area contributed by atoms with E-state index in [1.165, 1.54) is 30.2 Å². The SMILES string of the molecule is N#Cc1ccc(-c2cc(F)ccc2CNC2CC2)s1. The smallest absolute Gasteiger partial charge is 0.123 e. The lowest BCUT2D eigenvalue weighted by Gasteiger charge is -2.09. The molecule has 0 bridgehead atoms. The number of halogens is 1. The first kappa shape index (κ1) is 12.3. The van der Waals surface area contributed by atoms with Gasteiger partial charge in [-0.2, -0.15) is 5.26 Å². The average molecular weight is 272 g/mol. The van der Waals surface area contributed by atoms with Gasteiger partial charge in [0.1, 0.15) is 16.8 Å².